The van der Waals surface area contributed by atoms with E-state index in [4.69, 9.17) is 5.10 Å². The van der Waals surface area contributed by atoms with Crippen molar-refractivity contribution in [1.29, 1.82) is 0 Å². The van der Waals surface area contributed by atoms with Gasteiger partial charge in [0.1, 0.15) is 0 Å². The SMILES string of the molecule is Cn1cc(CN2CCC3(CCNCC3)C2)c(C(C)(C)C)n1. The van der Waals surface area contributed by atoms with Gasteiger partial charge in [0, 0.05) is 37.3 Å². The van der Waals surface area contributed by atoms with Gasteiger partial charge in [-0.3, -0.25) is 9.58 Å². The number of rotatable bonds is 2. The third-order valence-corrected chi connectivity index (χ3v) is 5.19. The summed E-state index contributed by atoms with van der Waals surface area (Å²) in [4.78, 5) is 2.65. The third-order valence-electron chi connectivity index (χ3n) is 5.19. The number of nitrogens with zero attached hydrogens (tertiary/aromatic N) is 3. The standard InChI is InChI=1S/C17H30N4/c1-16(2,3)15-14(11-20(4)19-15)12-21-10-7-17(13-21)5-8-18-9-6-17/h11,18H,5-10,12-13H2,1-4H3. The minimum absolute atomic E-state index is 0.128. The topological polar surface area (TPSA) is 33.1 Å². The largest absolute Gasteiger partial charge is 0.317 e. The van der Waals surface area contributed by atoms with Gasteiger partial charge >= 0.3 is 0 Å². The second kappa shape index (κ2) is 5.40. The molecule has 0 aromatic carbocycles. The molecule has 3 rings (SSSR count). The highest BCUT2D eigenvalue weighted by Gasteiger charge is 2.39. The van der Waals surface area contributed by atoms with Gasteiger partial charge in [-0.15, -0.1) is 0 Å². The summed E-state index contributed by atoms with van der Waals surface area (Å²) in [6.07, 6.45) is 6.29. The fourth-order valence-electron chi connectivity index (χ4n) is 4.05. The Balaban J connectivity index is 1.71. The summed E-state index contributed by atoms with van der Waals surface area (Å²) < 4.78 is 1.98. The Morgan fingerprint density at radius 2 is 1.95 bits per heavy atom. The van der Waals surface area contributed by atoms with Crippen molar-refractivity contribution in [3.05, 3.63) is 17.5 Å². The molecule has 1 aromatic heterocycles. The Hall–Kier alpha value is -0.870. The summed E-state index contributed by atoms with van der Waals surface area (Å²) in [6.45, 7) is 12.8. The van der Waals surface area contributed by atoms with Crippen LogP contribution < -0.4 is 5.32 Å². The average Bonchev–Trinajstić information content (AvgIpc) is 2.95. The van der Waals surface area contributed by atoms with Gasteiger partial charge in [-0.1, -0.05) is 20.8 Å². The summed E-state index contributed by atoms with van der Waals surface area (Å²) in [7, 11) is 2.04. The average molecular weight is 290 g/mol. The molecule has 3 heterocycles. The van der Waals surface area contributed by atoms with E-state index in [-0.39, 0.29) is 5.41 Å². The van der Waals surface area contributed by atoms with Crippen molar-refractivity contribution >= 4 is 0 Å². The summed E-state index contributed by atoms with van der Waals surface area (Å²) in [6, 6.07) is 0. The van der Waals surface area contributed by atoms with E-state index in [0.29, 0.717) is 5.41 Å². The van der Waals surface area contributed by atoms with E-state index in [1.807, 2.05) is 11.7 Å². The highest BCUT2D eigenvalue weighted by Crippen LogP contribution is 2.39. The maximum Gasteiger partial charge on any atom is 0.0722 e. The van der Waals surface area contributed by atoms with Gasteiger partial charge in [0.25, 0.3) is 0 Å². The first-order chi connectivity index (χ1) is 9.88. The highest BCUT2D eigenvalue weighted by molar-refractivity contribution is 5.24. The fraction of sp³-hybridized carbons (Fsp3) is 0.824. The normalized spacial score (nSPS) is 23.0. The second-order valence-electron chi connectivity index (χ2n) is 8.14. The molecule has 0 unspecified atom stereocenters. The van der Waals surface area contributed by atoms with Crippen molar-refractivity contribution in [2.75, 3.05) is 26.2 Å². The van der Waals surface area contributed by atoms with Gasteiger partial charge in [0.15, 0.2) is 0 Å². The van der Waals surface area contributed by atoms with Crippen molar-refractivity contribution < 1.29 is 0 Å². The van der Waals surface area contributed by atoms with Crippen molar-refractivity contribution in [3.63, 3.8) is 0 Å². The predicted molar refractivity (Wildman–Crippen MR) is 86.3 cm³/mol. The number of likely N-dealkylation sites (tertiary alicyclic amines) is 1. The number of aryl methyl sites for hydroxylation is 1. The van der Waals surface area contributed by atoms with Crippen LogP contribution in [0.2, 0.25) is 0 Å². The third kappa shape index (κ3) is 3.16. The van der Waals surface area contributed by atoms with E-state index in [2.05, 4.69) is 37.2 Å². The van der Waals surface area contributed by atoms with Gasteiger partial charge in [0.05, 0.1) is 5.69 Å². The van der Waals surface area contributed by atoms with Crippen LogP contribution in [0.1, 0.15) is 51.3 Å². The number of aromatic nitrogens is 2. The molecule has 4 heteroatoms. The highest BCUT2D eigenvalue weighted by atomic mass is 15.3. The van der Waals surface area contributed by atoms with Crippen LogP contribution in [-0.4, -0.2) is 40.9 Å². The van der Waals surface area contributed by atoms with E-state index < -0.39 is 0 Å². The molecule has 2 fully saturated rings. The molecule has 2 aliphatic heterocycles. The number of hydrogen-bond acceptors (Lipinski definition) is 3. The van der Waals surface area contributed by atoms with E-state index in [0.717, 1.165) is 6.54 Å². The Morgan fingerprint density at radius 3 is 2.62 bits per heavy atom. The van der Waals surface area contributed by atoms with Gasteiger partial charge in [-0.05, 0) is 44.3 Å². The molecule has 2 saturated heterocycles. The maximum atomic E-state index is 4.71. The summed E-state index contributed by atoms with van der Waals surface area (Å²) in [5.41, 5.74) is 3.39. The van der Waals surface area contributed by atoms with Gasteiger partial charge < -0.3 is 5.32 Å². The van der Waals surface area contributed by atoms with Gasteiger partial charge in [-0.2, -0.15) is 5.10 Å². The molecule has 0 radical (unpaired) electrons. The zero-order chi connectivity index (χ0) is 15.1. The molecular formula is C17H30N4. The molecule has 1 N–H and O–H groups in total. The molecule has 0 saturated carbocycles. The second-order valence-corrected chi connectivity index (χ2v) is 8.14. The van der Waals surface area contributed by atoms with Gasteiger partial charge in [0.2, 0.25) is 0 Å². The predicted octanol–water partition coefficient (Wildman–Crippen LogP) is 2.29. The zero-order valence-electron chi connectivity index (χ0n) is 14.1. The Labute approximate surface area is 128 Å². The van der Waals surface area contributed by atoms with Crippen LogP contribution in [0.5, 0.6) is 0 Å². The van der Waals surface area contributed by atoms with Crippen LogP contribution in [0.15, 0.2) is 6.20 Å². The Kier molecular flexibility index (Phi) is 3.87. The maximum absolute atomic E-state index is 4.71. The minimum atomic E-state index is 0.128. The van der Waals surface area contributed by atoms with Crippen LogP contribution in [0.4, 0.5) is 0 Å². The van der Waals surface area contributed by atoms with Crippen molar-refractivity contribution in [2.45, 2.75) is 52.0 Å². The first-order valence-corrected chi connectivity index (χ1v) is 8.34. The zero-order valence-corrected chi connectivity index (χ0v) is 14.1. The molecule has 0 bridgehead atoms. The molecule has 0 aliphatic carbocycles. The van der Waals surface area contributed by atoms with Crippen molar-refractivity contribution in [1.82, 2.24) is 20.0 Å². The number of hydrogen-bond donors (Lipinski definition) is 1. The summed E-state index contributed by atoms with van der Waals surface area (Å²) in [5, 5.41) is 8.21. The van der Waals surface area contributed by atoms with Crippen LogP contribution in [0.3, 0.4) is 0 Å². The molecule has 1 spiro atoms. The van der Waals surface area contributed by atoms with E-state index in [9.17, 15) is 0 Å². The summed E-state index contributed by atoms with van der Waals surface area (Å²) >= 11 is 0. The first-order valence-electron chi connectivity index (χ1n) is 8.34. The number of nitrogens with one attached hydrogen (secondary N) is 1. The molecule has 0 atom stereocenters. The van der Waals surface area contributed by atoms with Crippen LogP contribution in [-0.2, 0) is 19.0 Å². The molecule has 4 nitrogen and oxygen atoms in total. The Morgan fingerprint density at radius 1 is 1.24 bits per heavy atom. The molecular weight excluding hydrogens is 260 g/mol. The molecule has 2 aliphatic rings. The first kappa shape index (κ1) is 15.0. The lowest BCUT2D eigenvalue weighted by Crippen LogP contribution is -2.38. The fourth-order valence-corrected chi connectivity index (χ4v) is 4.05. The van der Waals surface area contributed by atoms with Gasteiger partial charge in [-0.25, -0.2) is 0 Å². The lowest BCUT2D eigenvalue weighted by atomic mass is 9.78. The van der Waals surface area contributed by atoms with E-state index >= 15 is 0 Å². The van der Waals surface area contributed by atoms with Crippen molar-refractivity contribution in [3.8, 4) is 0 Å². The quantitative estimate of drug-likeness (QED) is 0.907. The van der Waals surface area contributed by atoms with E-state index in [1.165, 1.54) is 56.7 Å². The van der Waals surface area contributed by atoms with E-state index in [1.54, 1.807) is 0 Å². The van der Waals surface area contributed by atoms with Crippen molar-refractivity contribution in [2.24, 2.45) is 12.5 Å². The lowest BCUT2D eigenvalue weighted by Gasteiger charge is -2.34. The smallest absolute Gasteiger partial charge is 0.0722 e. The van der Waals surface area contributed by atoms with Crippen LogP contribution in [0.25, 0.3) is 0 Å². The lowest BCUT2D eigenvalue weighted by molar-refractivity contribution is 0.193. The monoisotopic (exact) mass is 290 g/mol. The molecule has 1 aromatic rings. The molecule has 118 valence electrons. The summed E-state index contributed by atoms with van der Waals surface area (Å²) in [5.74, 6) is 0. The number of piperidine rings is 1. The molecule has 0 amide bonds. The van der Waals surface area contributed by atoms with Crippen LogP contribution >= 0.6 is 0 Å². The Bertz CT molecular complexity index is 491. The van der Waals surface area contributed by atoms with Crippen LogP contribution in [0, 0.1) is 5.41 Å². The molecule has 21 heavy (non-hydrogen) atoms. The minimum Gasteiger partial charge on any atom is -0.317 e.